The van der Waals surface area contributed by atoms with Crippen LogP contribution in [0.15, 0.2) is 35.6 Å². The number of benzene rings is 1. The summed E-state index contributed by atoms with van der Waals surface area (Å²) in [5.41, 5.74) is 0.789. The van der Waals surface area contributed by atoms with Crippen LogP contribution >= 0.6 is 0 Å². The summed E-state index contributed by atoms with van der Waals surface area (Å²) in [6.07, 6.45) is 3.72. The monoisotopic (exact) mass is 492 g/mol. The minimum Gasteiger partial charge on any atom is -0.337 e. The van der Waals surface area contributed by atoms with Gasteiger partial charge in [-0.2, -0.15) is 9.40 Å². The Morgan fingerprint density at radius 1 is 1.21 bits per heavy atom. The van der Waals surface area contributed by atoms with Crippen molar-refractivity contribution in [2.75, 3.05) is 18.4 Å². The van der Waals surface area contributed by atoms with Crippen molar-refractivity contribution in [1.29, 1.82) is 0 Å². The molecule has 1 aromatic carbocycles. The van der Waals surface area contributed by atoms with E-state index in [1.807, 2.05) is 0 Å². The van der Waals surface area contributed by atoms with E-state index >= 15 is 0 Å². The molecule has 1 N–H and O–H groups in total. The summed E-state index contributed by atoms with van der Waals surface area (Å²) in [5, 5.41) is 7.02. The van der Waals surface area contributed by atoms with Crippen molar-refractivity contribution >= 4 is 21.7 Å². The quantitative estimate of drug-likeness (QED) is 0.570. The molecule has 0 radical (unpaired) electrons. The number of nitrogens with zero attached hydrogens (tertiary/aromatic N) is 5. The highest BCUT2D eigenvalue weighted by Crippen LogP contribution is 2.26. The largest absolute Gasteiger partial charge is 0.337 e. The highest BCUT2D eigenvalue weighted by Gasteiger charge is 2.34. The van der Waals surface area contributed by atoms with Crippen molar-refractivity contribution in [3.05, 3.63) is 59.2 Å². The Bertz CT molecular complexity index is 1310. The third-order valence-electron chi connectivity index (χ3n) is 6.11. The molecule has 1 fully saturated rings. The van der Waals surface area contributed by atoms with Gasteiger partial charge in [0.15, 0.2) is 5.03 Å². The van der Waals surface area contributed by atoms with E-state index in [2.05, 4.69) is 15.4 Å². The van der Waals surface area contributed by atoms with Gasteiger partial charge in [-0.15, -0.1) is 0 Å². The van der Waals surface area contributed by atoms with Crippen LogP contribution in [-0.2, 0) is 28.4 Å². The molecular weight excluding hydrogens is 466 g/mol. The van der Waals surface area contributed by atoms with Crippen LogP contribution in [0.1, 0.15) is 29.8 Å². The number of carbonyl (C=O) groups is 1. The summed E-state index contributed by atoms with van der Waals surface area (Å²) in [6, 6.07) is 3.18. The summed E-state index contributed by atoms with van der Waals surface area (Å²) >= 11 is 0. The third-order valence-corrected chi connectivity index (χ3v) is 7.88. The van der Waals surface area contributed by atoms with Gasteiger partial charge in [-0.1, -0.05) is 0 Å². The number of sulfonamides is 1. The first-order valence-electron chi connectivity index (χ1n) is 10.8. The molecule has 0 saturated carbocycles. The molecule has 1 saturated heterocycles. The maximum absolute atomic E-state index is 14.1. The van der Waals surface area contributed by atoms with Gasteiger partial charge < -0.3 is 9.88 Å². The number of amides is 1. The summed E-state index contributed by atoms with van der Waals surface area (Å²) in [5.74, 6) is -0.802. The van der Waals surface area contributed by atoms with Gasteiger partial charge in [-0.25, -0.2) is 26.9 Å². The number of nitrogens with one attached hydrogen (secondary N) is 1. The molecular formula is C22H26F2N6O3S. The van der Waals surface area contributed by atoms with Crippen LogP contribution in [0.5, 0.6) is 0 Å². The average molecular weight is 493 g/mol. The van der Waals surface area contributed by atoms with Crippen molar-refractivity contribution in [3.63, 3.8) is 0 Å². The topological polar surface area (TPSA) is 102 Å². The van der Waals surface area contributed by atoms with Crippen molar-refractivity contribution in [3.8, 4) is 0 Å². The van der Waals surface area contributed by atoms with Crippen LogP contribution in [-0.4, -0.2) is 51.1 Å². The lowest BCUT2D eigenvalue weighted by atomic mass is 9.97. The second-order valence-corrected chi connectivity index (χ2v) is 10.4. The lowest BCUT2D eigenvalue weighted by Crippen LogP contribution is -2.41. The van der Waals surface area contributed by atoms with Crippen molar-refractivity contribution in [2.45, 2.75) is 38.3 Å². The zero-order valence-corrected chi connectivity index (χ0v) is 19.9. The Hall–Kier alpha value is -3.12. The van der Waals surface area contributed by atoms with Crippen LogP contribution in [0, 0.1) is 31.4 Å². The van der Waals surface area contributed by atoms with E-state index in [-0.39, 0.29) is 36.1 Å². The van der Waals surface area contributed by atoms with Gasteiger partial charge >= 0.3 is 0 Å². The van der Waals surface area contributed by atoms with Crippen LogP contribution < -0.4 is 5.32 Å². The molecule has 1 aliphatic heterocycles. The smallest absolute Gasteiger partial charge is 0.262 e. The number of halogens is 2. The standard InChI is InChI=1S/C22H26F2N6O3S/c1-14-11-25-30(12-17-10-18(23)4-5-19(17)24)21(14)27-22(31)16-6-8-29(9-7-16)34(32,33)20-13-28(3)15(2)26-20/h4-5,10-11,13,16H,6-9,12H2,1-3H3,(H,27,31). The molecule has 1 aliphatic rings. The fourth-order valence-corrected chi connectivity index (χ4v) is 5.44. The van der Waals surface area contributed by atoms with E-state index < -0.39 is 27.6 Å². The highest BCUT2D eigenvalue weighted by molar-refractivity contribution is 7.89. The van der Waals surface area contributed by atoms with Crippen LogP contribution in [0.4, 0.5) is 14.6 Å². The minimum absolute atomic E-state index is 0.000455. The van der Waals surface area contributed by atoms with Crippen LogP contribution in [0.3, 0.4) is 0 Å². The lowest BCUT2D eigenvalue weighted by Gasteiger charge is -2.30. The number of hydrogen-bond donors (Lipinski definition) is 1. The molecule has 9 nitrogen and oxygen atoms in total. The van der Waals surface area contributed by atoms with E-state index in [1.165, 1.54) is 21.4 Å². The maximum atomic E-state index is 14.1. The fraction of sp³-hybridized carbons (Fsp3) is 0.409. The highest BCUT2D eigenvalue weighted by atomic mass is 32.2. The van der Waals surface area contributed by atoms with Crippen molar-refractivity contribution < 1.29 is 22.0 Å². The number of hydrogen-bond acceptors (Lipinski definition) is 5. The molecule has 0 spiro atoms. The number of carbonyl (C=O) groups excluding carboxylic acids is 1. The van der Waals surface area contributed by atoms with Gasteiger partial charge in [0.2, 0.25) is 5.91 Å². The molecule has 3 heterocycles. The van der Waals surface area contributed by atoms with E-state index in [0.717, 1.165) is 18.2 Å². The van der Waals surface area contributed by atoms with E-state index in [4.69, 9.17) is 0 Å². The predicted molar refractivity (Wildman–Crippen MR) is 120 cm³/mol. The Balaban J connectivity index is 1.42. The van der Waals surface area contributed by atoms with Gasteiger partial charge in [0.05, 0.1) is 12.7 Å². The summed E-state index contributed by atoms with van der Waals surface area (Å²) in [7, 11) is -2.00. The first-order chi connectivity index (χ1) is 16.1. The van der Waals surface area contributed by atoms with Gasteiger partial charge in [0.1, 0.15) is 23.3 Å². The lowest BCUT2D eigenvalue weighted by molar-refractivity contribution is -0.121. The Kier molecular flexibility index (Phi) is 6.54. The molecule has 4 rings (SSSR count). The minimum atomic E-state index is -3.73. The van der Waals surface area contributed by atoms with Crippen LogP contribution in [0.25, 0.3) is 0 Å². The number of aromatic nitrogens is 4. The first-order valence-corrected chi connectivity index (χ1v) is 12.3. The second kappa shape index (κ2) is 9.26. The van der Waals surface area contributed by atoms with E-state index in [1.54, 1.807) is 25.5 Å². The normalized spacial score (nSPS) is 15.6. The second-order valence-electron chi connectivity index (χ2n) is 8.47. The third kappa shape index (κ3) is 4.73. The average Bonchev–Trinajstić information content (AvgIpc) is 3.33. The molecule has 3 aromatic rings. The zero-order chi connectivity index (χ0) is 24.6. The number of rotatable bonds is 6. The fourth-order valence-electron chi connectivity index (χ4n) is 3.95. The summed E-state index contributed by atoms with van der Waals surface area (Å²) in [4.78, 5) is 17.1. The Morgan fingerprint density at radius 2 is 1.91 bits per heavy atom. The molecule has 0 aliphatic carbocycles. The molecule has 0 atom stereocenters. The Morgan fingerprint density at radius 3 is 2.56 bits per heavy atom. The van der Waals surface area contributed by atoms with Crippen LogP contribution in [0.2, 0.25) is 0 Å². The molecule has 0 bridgehead atoms. The summed E-state index contributed by atoms with van der Waals surface area (Å²) < 4.78 is 57.8. The Labute approximate surface area is 196 Å². The van der Waals surface area contributed by atoms with Gasteiger partial charge in [-0.3, -0.25) is 4.79 Å². The van der Waals surface area contributed by atoms with Crippen molar-refractivity contribution in [2.24, 2.45) is 13.0 Å². The van der Waals surface area contributed by atoms with E-state index in [9.17, 15) is 22.0 Å². The number of piperidine rings is 1. The maximum Gasteiger partial charge on any atom is 0.262 e. The van der Waals surface area contributed by atoms with Gasteiger partial charge in [0.25, 0.3) is 10.0 Å². The molecule has 12 heteroatoms. The predicted octanol–water partition coefficient (Wildman–Crippen LogP) is 2.60. The molecule has 1 amide bonds. The van der Waals surface area contributed by atoms with Crippen molar-refractivity contribution in [1.82, 2.24) is 23.6 Å². The molecule has 182 valence electrons. The van der Waals surface area contributed by atoms with E-state index in [0.29, 0.717) is 30.0 Å². The van der Waals surface area contributed by atoms with Gasteiger partial charge in [-0.05, 0) is 44.9 Å². The summed E-state index contributed by atoms with van der Waals surface area (Å²) in [6.45, 7) is 3.83. The van der Waals surface area contributed by atoms with Gasteiger partial charge in [0, 0.05) is 43.4 Å². The number of anilines is 1. The number of aryl methyl sites for hydroxylation is 3. The zero-order valence-electron chi connectivity index (χ0n) is 19.1. The molecule has 34 heavy (non-hydrogen) atoms. The molecule has 2 aromatic heterocycles. The first kappa shape index (κ1) is 24.0. The molecule has 0 unspecified atom stereocenters. The SMILES string of the molecule is Cc1cnn(Cc2cc(F)ccc2F)c1NC(=O)C1CCN(S(=O)(=O)c2cn(C)c(C)n2)CC1. The number of imidazole rings is 1.